The zero-order chi connectivity index (χ0) is 20.6. The second kappa shape index (κ2) is 7.13. The molecule has 1 unspecified atom stereocenters. The van der Waals surface area contributed by atoms with Crippen molar-refractivity contribution in [3.8, 4) is 11.5 Å². The molecule has 29 heavy (non-hydrogen) atoms. The number of para-hydroxylation sites is 1. The molecule has 0 spiro atoms. The number of nitrogens with one attached hydrogen (secondary N) is 2. The Balaban J connectivity index is 1.46. The van der Waals surface area contributed by atoms with Gasteiger partial charge in [0, 0.05) is 16.9 Å². The fraction of sp³-hybridized carbons (Fsp3) is 0.158. The van der Waals surface area contributed by atoms with Crippen LogP contribution in [0.4, 0.5) is 24.5 Å². The van der Waals surface area contributed by atoms with Crippen LogP contribution in [0.1, 0.15) is 11.4 Å². The van der Waals surface area contributed by atoms with E-state index in [9.17, 15) is 18.3 Å². The van der Waals surface area contributed by atoms with Gasteiger partial charge in [0.25, 0.3) is 0 Å². The number of hydrogen-bond donors (Lipinski definition) is 3. The third kappa shape index (κ3) is 3.87. The summed E-state index contributed by atoms with van der Waals surface area (Å²) in [7, 11) is 0. The molecular formula is C19H16F3N5O2. The maximum atomic E-state index is 13.0. The van der Waals surface area contributed by atoms with E-state index in [1.807, 2.05) is 0 Å². The van der Waals surface area contributed by atoms with Crippen molar-refractivity contribution < 1.29 is 22.7 Å². The first-order chi connectivity index (χ1) is 13.8. The molecule has 3 N–H and O–H groups in total. The standard InChI is InChI=1S/C19H16F3N5O2/c1-11-23-10-16-27(11)26-17(29-16)12-6-8-13(9-7-12)24-18(28)25-15-5-3-2-4-14(15)19(20,21)22/h2-10,18,24-25,28H,1H3. The summed E-state index contributed by atoms with van der Waals surface area (Å²) in [5.74, 6) is 1.09. The van der Waals surface area contributed by atoms with Crippen LogP contribution in [0.15, 0.2) is 59.1 Å². The molecule has 0 radical (unpaired) electrons. The predicted octanol–water partition coefficient (Wildman–Crippen LogP) is 4.12. The van der Waals surface area contributed by atoms with Gasteiger partial charge < -0.3 is 20.2 Å². The number of aliphatic hydroxyl groups is 1. The molecular weight excluding hydrogens is 387 g/mol. The molecule has 0 saturated heterocycles. The molecule has 2 aromatic heterocycles. The first kappa shape index (κ1) is 18.8. The van der Waals surface area contributed by atoms with E-state index >= 15 is 0 Å². The average molecular weight is 403 g/mol. The van der Waals surface area contributed by atoms with E-state index in [4.69, 9.17) is 4.42 Å². The Hall–Kier alpha value is -3.53. The summed E-state index contributed by atoms with van der Waals surface area (Å²) < 4.78 is 46.3. The third-order valence-corrected chi connectivity index (χ3v) is 4.23. The number of anilines is 2. The van der Waals surface area contributed by atoms with Gasteiger partial charge in [-0.2, -0.15) is 17.7 Å². The lowest BCUT2D eigenvalue weighted by molar-refractivity contribution is -0.137. The first-order valence-electron chi connectivity index (χ1n) is 8.60. The first-order valence-corrected chi connectivity index (χ1v) is 8.60. The number of alkyl halides is 3. The highest BCUT2D eigenvalue weighted by atomic mass is 19.4. The summed E-state index contributed by atoms with van der Waals surface area (Å²) in [4.78, 5) is 4.08. The zero-order valence-electron chi connectivity index (χ0n) is 15.1. The van der Waals surface area contributed by atoms with Gasteiger partial charge in [0.15, 0.2) is 0 Å². The van der Waals surface area contributed by atoms with E-state index < -0.39 is 18.1 Å². The smallest absolute Gasteiger partial charge is 0.417 e. The fourth-order valence-corrected chi connectivity index (χ4v) is 2.84. The monoisotopic (exact) mass is 403 g/mol. The van der Waals surface area contributed by atoms with E-state index in [0.29, 0.717) is 28.7 Å². The second-order valence-electron chi connectivity index (χ2n) is 6.27. The largest absolute Gasteiger partial charge is 0.418 e. The number of imidazole rings is 1. The summed E-state index contributed by atoms with van der Waals surface area (Å²) in [6.45, 7) is 1.80. The number of halogens is 3. The normalized spacial score (nSPS) is 12.9. The molecule has 0 aliphatic rings. The van der Waals surface area contributed by atoms with Gasteiger partial charge in [0.1, 0.15) is 5.82 Å². The quantitative estimate of drug-likeness (QED) is 0.435. The number of aliphatic hydroxyl groups excluding tert-OH is 1. The minimum Gasteiger partial charge on any atom is -0.417 e. The fourth-order valence-electron chi connectivity index (χ4n) is 2.84. The molecule has 10 heteroatoms. The maximum absolute atomic E-state index is 13.0. The maximum Gasteiger partial charge on any atom is 0.418 e. The lowest BCUT2D eigenvalue weighted by Crippen LogP contribution is -2.29. The Morgan fingerprint density at radius 1 is 1.07 bits per heavy atom. The van der Waals surface area contributed by atoms with Crippen molar-refractivity contribution in [2.75, 3.05) is 10.6 Å². The van der Waals surface area contributed by atoms with Crippen LogP contribution in [-0.2, 0) is 6.18 Å². The number of aromatic nitrogens is 3. The van der Waals surface area contributed by atoms with E-state index in [1.165, 1.54) is 18.2 Å². The number of nitrogens with zero attached hydrogens (tertiary/aromatic N) is 3. The number of fused-ring (bicyclic) bond motifs is 1. The molecule has 1 atom stereocenters. The van der Waals surface area contributed by atoms with Crippen LogP contribution in [-0.4, -0.2) is 26.1 Å². The third-order valence-electron chi connectivity index (χ3n) is 4.23. The van der Waals surface area contributed by atoms with Crippen molar-refractivity contribution in [2.24, 2.45) is 0 Å². The number of aryl methyl sites for hydroxylation is 1. The molecule has 150 valence electrons. The van der Waals surface area contributed by atoms with Gasteiger partial charge >= 0.3 is 6.18 Å². The number of hydrogen-bond acceptors (Lipinski definition) is 6. The van der Waals surface area contributed by atoms with Crippen LogP contribution in [0.3, 0.4) is 0 Å². The summed E-state index contributed by atoms with van der Waals surface area (Å²) >= 11 is 0. The summed E-state index contributed by atoms with van der Waals surface area (Å²) in [5, 5.41) is 19.5. The highest BCUT2D eigenvalue weighted by molar-refractivity contribution is 5.60. The Labute approximate surface area is 162 Å². The topological polar surface area (TPSA) is 87.6 Å². The lowest BCUT2D eigenvalue weighted by Gasteiger charge is -2.20. The van der Waals surface area contributed by atoms with Gasteiger partial charge in [0.2, 0.25) is 18.0 Å². The van der Waals surface area contributed by atoms with Crippen molar-refractivity contribution in [3.05, 3.63) is 66.1 Å². The van der Waals surface area contributed by atoms with Gasteiger partial charge in [-0.05, 0) is 43.3 Å². The average Bonchev–Trinajstić information content (AvgIpc) is 3.24. The lowest BCUT2D eigenvalue weighted by atomic mass is 10.1. The highest BCUT2D eigenvalue weighted by Gasteiger charge is 2.33. The molecule has 7 nitrogen and oxygen atoms in total. The van der Waals surface area contributed by atoms with Crippen LogP contribution in [0.5, 0.6) is 0 Å². The SMILES string of the molecule is Cc1ncc2oc(-c3ccc(NC(O)Nc4ccccc4C(F)(F)F)cc3)nn12. The summed E-state index contributed by atoms with van der Waals surface area (Å²) in [6, 6.07) is 11.7. The molecule has 0 fully saturated rings. The summed E-state index contributed by atoms with van der Waals surface area (Å²) in [6.07, 6.45) is -4.39. The molecule has 2 aromatic carbocycles. The Bertz CT molecular complexity index is 1130. The van der Waals surface area contributed by atoms with E-state index in [0.717, 1.165) is 6.07 Å². The van der Waals surface area contributed by atoms with Gasteiger partial charge in [-0.15, -0.1) is 5.10 Å². The van der Waals surface area contributed by atoms with Gasteiger partial charge in [-0.1, -0.05) is 12.1 Å². The van der Waals surface area contributed by atoms with Gasteiger partial charge in [-0.3, -0.25) is 0 Å². The molecule has 0 saturated carbocycles. The minimum atomic E-state index is -4.53. The highest BCUT2D eigenvalue weighted by Crippen LogP contribution is 2.34. The molecule has 4 rings (SSSR count). The van der Waals surface area contributed by atoms with Crippen LogP contribution < -0.4 is 10.6 Å². The minimum absolute atomic E-state index is 0.226. The van der Waals surface area contributed by atoms with E-state index in [2.05, 4.69) is 20.7 Å². The summed E-state index contributed by atoms with van der Waals surface area (Å²) in [5.41, 5.74) is 0.623. The van der Waals surface area contributed by atoms with E-state index in [1.54, 1.807) is 41.9 Å². The van der Waals surface area contributed by atoms with Gasteiger partial charge in [-0.25, -0.2) is 4.98 Å². The van der Waals surface area contributed by atoms with Crippen LogP contribution in [0.25, 0.3) is 17.2 Å². The van der Waals surface area contributed by atoms with Crippen molar-refractivity contribution in [3.63, 3.8) is 0 Å². The molecule has 4 aromatic rings. The van der Waals surface area contributed by atoms with Crippen molar-refractivity contribution in [2.45, 2.75) is 19.5 Å². The second-order valence-corrected chi connectivity index (χ2v) is 6.27. The van der Waals surface area contributed by atoms with Crippen LogP contribution in [0, 0.1) is 6.92 Å². The molecule has 2 heterocycles. The number of benzene rings is 2. The van der Waals surface area contributed by atoms with Crippen molar-refractivity contribution >= 4 is 17.1 Å². The van der Waals surface area contributed by atoms with Crippen molar-refractivity contribution in [1.82, 2.24) is 14.6 Å². The van der Waals surface area contributed by atoms with Crippen LogP contribution in [0.2, 0.25) is 0 Å². The molecule has 0 amide bonds. The van der Waals surface area contributed by atoms with Gasteiger partial charge in [0.05, 0.1) is 11.8 Å². The predicted molar refractivity (Wildman–Crippen MR) is 100 cm³/mol. The van der Waals surface area contributed by atoms with Crippen LogP contribution >= 0.6 is 0 Å². The Morgan fingerprint density at radius 2 is 1.79 bits per heavy atom. The molecule has 0 aliphatic carbocycles. The Morgan fingerprint density at radius 3 is 2.48 bits per heavy atom. The Kier molecular flexibility index (Phi) is 4.63. The molecule has 0 aliphatic heterocycles. The number of rotatable bonds is 5. The van der Waals surface area contributed by atoms with Crippen molar-refractivity contribution in [1.29, 1.82) is 0 Å². The van der Waals surface area contributed by atoms with E-state index in [-0.39, 0.29) is 5.69 Å². The zero-order valence-corrected chi connectivity index (χ0v) is 15.1. The molecule has 0 bridgehead atoms.